The summed E-state index contributed by atoms with van der Waals surface area (Å²) in [5.41, 5.74) is 2.27. The largest absolute Gasteiger partial charge is 0.325 e. The number of carbonyl (C=O) groups excluding carboxylic acids is 2. The molecule has 0 radical (unpaired) electrons. The number of amides is 2. The molecular weight excluding hydrogens is 417 g/mol. The molecule has 162 valence electrons. The highest BCUT2D eigenvalue weighted by Gasteiger charge is 2.17. The van der Waals surface area contributed by atoms with Gasteiger partial charge in [-0.05, 0) is 55.8 Å². The number of halogens is 1. The number of hydrogen-bond donors (Lipinski definition) is 2. The lowest BCUT2D eigenvalue weighted by Gasteiger charge is -2.20. The first-order valence-corrected chi connectivity index (χ1v) is 10.7. The molecule has 0 spiro atoms. The molecule has 1 heterocycles. The van der Waals surface area contributed by atoms with Crippen LogP contribution in [0.3, 0.4) is 0 Å². The molecule has 2 amide bonds. The molecule has 31 heavy (non-hydrogen) atoms. The van der Waals surface area contributed by atoms with Crippen molar-refractivity contribution in [1.29, 1.82) is 0 Å². The van der Waals surface area contributed by atoms with Crippen molar-refractivity contribution in [2.45, 2.75) is 26.8 Å². The molecule has 3 aromatic rings. The maximum atomic E-state index is 13.0. The fourth-order valence-corrected chi connectivity index (χ4v) is 3.73. The van der Waals surface area contributed by atoms with Crippen LogP contribution in [-0.2, 0) is 11.3 Å². The molecule has 2 aromatic carbocycles. The Labute approximate surface area is 184 Å². The fraction of sp³-hybridized carbons (Fsp3) is 0.273. The number of para-hydroxylation sites is 1. The minimum Gasteiger partial charge on any atom is -0.325 e. The van der Waals surface area contributed by atoms with Gasteiger partial charge in [-0.3, -0.25) is 14.5 Å². The quantitative estimate of drug-likeness (QED) is 0.522. The van der Waals surface area contributed by atoms with E-state index in [-0.39, 0.29) is 23.3 Å². The van der Waals surface area contributed by atoms with E-state index in [1.54, 1.807) is 0 Å². The summed E-state index contributed by atoms with van der Waals surface area (Å²) in [6.07, 6.45) is 0.869. The van der Waals surface area contributed by atoms with E-state index in [0.717, 1.165) is 17.7 Å². The lowest BCUT2D eigenvalue weighted by Crippen LogP contribution is -2.33. The number of benzene rings is 2. The Kier molecular flexibility index (Phi) is 7.80. The second-order valence-electron chi connectivity index (χ2n) is 7.04. The van der Waals surface area contributed by atoms with Gasteiger partial charge in [0.2, 0.25) is 10.9 Å². The van der Waals surface area contributed by atoms with Crippen molar-refractivity contribution in [3.8, 4) is 0 Å². The van der Waals surface area contributed by atoms with Gasteiger partial charge in [-0.1, -0.05) is 36.5 Å². The van der Waals surface area contributed by atoms with E-state index in [9.17, 15) is 14.0 Å². The van der Waals surface area contributed by atoms with E-state index in [0.29, 0.717) is 23.8 Å². The average Bonchev–Trinajstić information content (AvgIpc) is 3.20. The van der Waals surface area contributed by atoms with Gasteiger partial charge in [0, 0.05) is 11.4 Å². The highest BCUT2D eigenvalue weighted by atomic mass is 32.1. The Hall–Kier alpha value is -3.17. The zero-order valence-electron chi connectivity index (χ0n) is 17.4. The Morgan fingerprint density at radius 3 is 2.52 bits per heavy atom. The first kappa shape index (κ1) is 22.5. The molecule has 0 unspecified atom stereocenters. The molecule has 0 fully saturated rings. The number of nitrogens with zero attached hydrogens (tertiary/aromatic N) is 3. The molecule has 0 saturated carbocycles. The van der Waals surface area contributed by atoms with Crippen LogP contribution in [0.5, 0.6) is 0 Å². The van der Waals surface area contributed by atoms with Crippen molar-refractivity contribution >= 4 is 34.5 Å². The molecule has 0 aliphatic carbocycles. The molecular formula is C22H24FN5O2S. The molecule has 0 saturated heterocycles. The van der Waals surface area contributed by atoms with Crippen molar-refractivity contribution in [2.24, 2.45) is 0 Å². The minimum atomic E-state index is -0.408. The topological polar surface area (TPSA) is 87.2 Å². The maximum Gasteiger partial charge on any atom is 0.286 e. The third-order valence-corrected chi connectivity index (χ3v) is 5.36. The van der Waals surface area contributed by atoms with Gasteiger partial charge in [0.05, 0.1) is 13.1 Å². The van der Waals surface area contributed by atoms with Crippen LogP contribution < -0.4 is 10.6 Å². The summed E-state index contributed by atoms with van der Waals surface area (Å²) >= 11 is 1.17. The summed E-state index contributed by atoms with van der Waals surface area (Å²) in [5.74, 6) is -0.894. The zero-order chi connectivity index (χ0) is 22.2. The Balaban J connectivity index is 1.59. The van der Waals surface area contributed by atoms with E-state index >= 15 is 0 Å². The number of aryl methyl sites for hydroxylation is 1. The number of rotatable bonds is 9. The second-order valence-corrected chi connectivity index (χ2v) is 8.10. The average molecular weight is 442 g/mol. The van der Waals surface area contributed by atoms with Crippen molar-refractivity contribution in [1.82, 2.24) is 15.1 Å². The van der Waals surface area contributed by atoms with Gasteiger partial charge < -0.3 is 10.6 Å². The van der Waals surface area contributed by atoms with Gasteiger partial charge in [0.25, 0.3) is 5.91 Å². The zero-order valence-corrected chi connectivity index (χ0v) is 18.2. The Morgan fingerprint density at radius 2 is 1.81 bits per heavy atom. The second kappa shape index (κ2) is 10.7. The first-order chi connectivity index (χ1) is 14.9. The first-order valence-electron chi connectivity index (χ1n) is 9.91. The normalized spacial score (nSPS) is 10.8. The van der Waals surface area contributed by atoms with E-state index in [4.69, 9.17) is 0 Å². The third kappa shape index (κ3) is 6.66. The van der Waals surface area contributed by atoms with Gasteiger partial charge in [-0.2, -0.15) is 0 Å². The smallest absolute Gasteiger partial charge is 0.286 e. The van der Waals surface area contributed by atoms with E-state index in [1.807, 2.05) is 43.0 Å². The predicted octanol–water partition coefficient (Wildman–Crippen LogP) is 4.09. The van der Waals surface area contributed by atoms with Crippen LogP contribution in [-0.4, -0.2) is 40.0 Å². The molecule has 1 aromatic heterocycles. The standard InChI is InChI=1S/C22H24FN5O2S/c1-3-12-28(13-19(29)25-18-7-5-4-6-15(18)2)14-20-26-27-22(31-20)21(30)24-17-10-8-16(23)9-11-17/h4-11H,3,12-14H2,1-2H3,(H,24,30)(H,25,29). The van der Waals surface area contributed by atoms with Gasteiger partial charge >= 0.3 is 0 Å². The highest BCUT2D eigenvalue weighted by Crippen LogP contribution is 2.17. The highest BCUT2D eigenvalue weighted by molar-refractivity contribution is 7.13. The third-order valence-electron chi connectivity index (χ3n) is 4.45. The number of aromatic nitrogens is 2. The molecule has 0 bridgehead atoms. The summed E-state index contributed by atoms with van der Waals surface area (Å²) in [6.45, 7) is 5.31. The summed E-state index contributed by atoms with van der Waals surface area (Å²) in [4.78, 5) is 26.8. The molecule has 2 N–H and O–H groups in total. The molecule has 9 heteroatoms. The maximum absolute atomic E-state index is 13.0. The van der Waals surface area contributed by atoms with Crippen LogP contribution in [0.15, 0.2) is 48.5 Å². The minimum absolute atomic E-state index is 0.110. The van der Waals surface area contributed by atoms with Gasteiger partial charge in [-0.15, -0.1) is 10.2 Å². The summed E-state index contributed by atoms with van der Waals surface area (Å²) in [6, 6.07) is 13.1. The van der Waals surface area contributed by atoms with Crippen molar-refractivity contribution in [3.05, 3.63) is 69.9 Å². The molecule has 0 aliphatic heterocycles. The lowest BCUT2D eigenvalue weighted by atomic mass is 10.2. The van der Waals surface area contributed by atoms with Crippen molar-refractivity contribution in [3.63, 3.8) is 0 Å². The van der Waals surface area contributed by atoms with Crippen LogP contribution in [0.25, 0.3) is 0 Å². The lowest BCUT2D eigenvalue weighted by molar-refractivity contribution is -0.117. The van der Waals surface area contributed by atoms with Crippen LogP contribution in [0.1, 0.15) is 33.7 Å². The molecule has 0 atom stereocenters. The van der Waals surface area contributed by atoms with E-state index in [1.165, 1.54) is 35.6 Å². The number of nitrogens with one attached hydrogen (secondary N) is 2. The molecule has 3 rings (SSSR count). The predicted molar refractivity (Wildman–Crippen MR) is 120 cm³/mol. The Bertz CT molecular complexity index is 1040. The number of anilines is 2. The fourth-order valence-electron chi connectivity index (χ4n) is 2.95. The summed E-state index contributed by atoms with van der Waals surface area (Å²) < 4.78 is 13.0. The molecule has 0 aliphatic rings. The Morgan fingerprint density at radius 1 is 1.06 bits per heavy atom. The SMILES string of the molecule is CCCN(CC(=O)Nc1ccccc1C)Cc1nnc(C(=O)Nc2ccc(F)cc2)s1. The van der Waals surface area contributed by atoms with Crippen LogP contribution in [0, 0.1) is 12.7 Å². The summed E-state index contributed by atoms with van der Waals surface area (Å²) in [7, 11) is 0. The van der Waals surface area contributed by atoms with Crippen molar-refractivity contribution in [2.75, 3.05) is 23.7 Å². The van der Waals surface area contributed by atoms with Gasteiger partial charge in [0.1, 0.15) is 10.8 Å². The number of carbonyl (C=O) groups is 2. The number of hydrogen-bond acceptors (Lipinski definition) is 6. The summed E-state index contributed by atoms with van der Waals surface area (Å²) in [5, 5.41) is 14.5. The van der Waals surface area contributed by atoms with Gasteiger partial charge in [-0.25, -0.2) is 4.39 Å². The molecule has 7 nitrogen and oxygen atoms in total. The van der Waals surface area contributed by atoms with E-state index in [2.05, 4.69) is 20.8 Å². The van der Waals surface area contributed by atoms with Crippen molar-refractivity contribution < 1.29 is 14.0 Å². The van der Waals surface area contributed by atoms with Crippen LogP contribution in [0.2, 0.25) is 0 Å². The van der Waals surface area contributed by atoms with Crippen LogP contribution in [0.4, 0.5) is 15.8 Å². The van der Waals surface area contributed by atoms with Crippen LogP contribution >= 0.6 is 11.3 Å². The van der Waals surface area contributed by atoms with E-state index < -0.39 is 5.91 Å². The van der Waals surface area contributed by atoms with Gasteiger partial charge in [0.15, 0.2) is 0 Å². The monoisotopic (exact) mass is 441 g/mol.